The van der Waals surface area contributed by atoms with Crippen molar-refractivity contribution in [2.24, 2.45) is 0 Å². The number of fused-ring (bicyclic) bond motifs is 3. The average molecular weight is 879 g/mol. The van der Waals surface area contributed by atoms with E-state index in [1.165, 1.54) is 50.1 Å². The molecule has 0 radical (unpaired) electrons. The molecule has 2 aliphatic carbocycles. The molecule has 58 heavy (non-hydrogen) atoms. The molecule has 2 aliphatic rings. The van der Waals surface area contributed by atoms with E-state index in [9.17, 15) is 0 Å². The minimum atomic E-state index is -2.76. The van der Waals surface area contributed by atoms with Gasteiger partial charge in [-0.3, -0.25) is 0 Å². The van der Waals surface area contributed by atoms with E-state index in [1.54, 1.807) is 26.4 Å². The molecule has 3 heteroatoms. The van der Waals surface area contributed by atoms with Crippen molar-refractivity contribution >= 4 is 6.48 Å². The molecule has 0 bridgehead atoms. The van der Waals surface area contributed by atoms with Crippen LogP contribution in [0.1, 0.15) is 113 Å². The zero-order chi connectivity index (χ0) is 38.4. The molecule has 0 amide bonds. The van der Waals surface area contributed by atoms with E-state index in [2.05, 4.69) is 185 Å². The van der Waals surface area contributed by atoms with Crippen molar-refractivity contribution in [2.45, 2.75) is 90.9 Å². The fraction of sp³-hybridized carbons (Fsp3) is 0.255. The Morgan fingerprint density at radius 2 is 1.10 bits per heavy atom. The fourth-order valence-corrected chi connectivity index (χ4v) is 18.5. The van der Waals surface area contributed by atoms with Gasteiger partial charge in [-0.25, -0.2) is 0 Å². The van der Waals surface area contributed by atoms with Gasteiger partial charge in [-0.15, -0.1) is 0 Å². The van der Waals surface area contributed by atoms with Crippen molar-refractivity contribution in [2.75, 3.05) is 0 Å². The summed E-state index contributed by atoms with van der Waals surface area (Å²) in [6, 6.07) is 53.2. The van der Waals surface area contributed by atoms with Crippen molar-refractivity contribution < 1.29 is 46.1 Å². The molecule has 2 atom stereocenters. The molecule has 8 rings (SSSR count). The van der Waals surface area contributed by atoms with Gasteiger partial charge in [-0.1, -0.05) is 0 Å². The number of hydrogen-bond acceptors (Lipinski definition) is 0. The molecule has 0 spiro atoms. The van der Waals surface area contributed by atoms with Crippen molar-refractivity contribution in [1.82, 2.24) is 0 Å². The summed E-state index contributed by atoms with van der Waals surface area (Å²) in [4.78, 5) is 0. The van der Waals surface area contributed by atoms with E-state index in [1.807, 2.05) is 0 Å². The van der Waals surface area contributed by atoms with Gasteiger partial charge in [0.1, 0.15) is 0 Å². The Balaban J connectivity index is 0.00000283. The van der Waals surface area contributed by atoms with Crippen molar-refractivity contribution in [1.29, 1.82) is 0 Å². The third-order valence-electron chi connectivity index (χ3n) is 12.4. The smallest absolute Gasteiger partial charge is 1.00 e. The van der Waals surface area contributed by atoms with Gasteiger partial charge < -0.3 is 24.8 Å². The van der Waals surface area contributed by atoms with Gasteiger partial charge in [-0.05, 0) is 0 Å². The summed E-state index contributed by atoms with van der Waals surface area (Å²) in [6.07, 6.45) is 16.1. The second-order valence-electron chi connectivity index (χ2n) is 16.2. The Bertz CT molecular complexity index is 2350. The molecular weight excluding hydrogens is 823 g/mol. The number of rotatable bonds is 14. The fourth-order valence-electron chi connectivity index (χ4n) is 9.80. The predicted octanol–water partition coefficient (Wildman–Crippen LogP) is 7.49. The van der Waals surface area contributed by atoms with Gasteiger partial charge in [0.2, 0.25) is 0 Å². The van der Waals surface area contributed by atoms with Crippen LogP contribution in [0.2, 0.25) is 0 Å². The van der Waals surface area contributed by atoms with E-state index in [4.69, 9.17) is 0 Å². The molecule has 6 aromatic rings. The van der Waals surface area contributed by atoms with E-state index in [0.29, 0.717) is 11.8 Å². The van der Waals surface area contributed by atoms with Crippen LogP contribution in [0.3, 0.4) is 0 Å². The summed E-state index contributed by atoms with van der Waals surface area (Å²) in [6.45, 7) is 9.60. The number of halogens is 2. The topological polar surface area (TPSA) is 0 Å². The number of allylic oxidation sites excluding steroid dienone is 4. The molecule has 6 aromatic carbocycles. The predicted molar refractivity (Wildman–Crippen MR) is 237 cm³/mol. The molecule has 0 aromatic heterocycles. The summed E-state index contributed by atoms with van der Waals surface area (Å²) in [5, 5.41) is 0. The molecule has 0 saturated heterocycles. The Labute approximate surface area is 368 Å². The summed E-state index contributed by atoms with van der Waals surface area (Å²) in [7, 11) is 0. The van der Waals surface area contributed by atoms with Crippen LogP contribution in [0.15, 0.2) is 161 Å². The SMILES string of the molecule is CCCC(c1ccccc1)c1cc2c(cc1C)Cc1c-2cc(C(CCC)c2ccccc2)c(C)[c]1[Zr+2]([C]1=CC=CC1)=[C](Cc1ccccc1)Cc1ccccc1.[Cl-].[Cl-]. The minimum Gasteiger partial charge on any atom is -1.00 e. The maximum absolute atomic E-state index is 2.76. The van der Waals surface area contributed by atoms with E-state index < -0.39 is 21.3 Å². The summed E-state index contributed by atoms with van der Waals surface area (Å²) in [5.74, 6) is 0.762. The maximum Gasteiger partial charge on any atom is -1.00 e. The molecule has 294 valence electrons. The zero-order valence-electron chi connectivity index (χ0n) is 34.6. The molecular formula is C55H56Cl2Zr. The largest absolute Gasteiger partial charge is 1.00 e. The Kier molecular flexibility index (Phi) is 15.4. The van der Waals surface area contributed by atoms with Gasteiger partial charge in [-0.2, -0.15) is 0 Å². The molecule has 0 aliphatic heterocycles. The third-order valence-corrected chi connectivity index (χ3v) is 20.4. The molecule has 0 heterocycles. The zero-order valence-corrected chi connectivity index (χ0v) is 38.5. The van der Waals surface area contributed by atoms with Crippen molar-refractivity contribution in [3.05, 3.63) is 217 Å². The molecule has 0 N–H and O–H groups in total. The summed E-state index contributed by atoms with van der Waals surface area (Å²) < 4.78 is 5.27. The maximum atomic E-state index is 2.68. The first-order valence-corrected chi connectivity index (χ1v) is 24.8. The van der Waals surface area contributed by atoms with Gasteiger partial charge in [0.25, 0.3) is 0 Å². The Hall–Kier alpha value is -3.87. The second-order valence-corrected chi connectivity index (χ2v) is 22.6. The third kappa shape index (κ3) is 9.29. The molecule has 0 nitrogen and oxygen atoms in total. The Morgan fingerprint density at radius 1 is 0.603 bits per heavy atom. The monoisotopic (exact) mass is 876 g/mol. The molecule has 0 fully saturated rings. The molecule has 0 saturated carbocycles. The van der Waals surface area contributed by atoms with Crippen LogP contribution in [0.25, 0.3) is 11.1 Å². The van der Waals surface area contributed by atoms with Crippen molar-refractivity contribution in [3.63, 3.8) is 0 Å². The van der Waals surface area contributed by atoms with Crippen LogP contribution in [0, 0.1) is 13.8 Å². The van der Waals surface area contributed by atoms with Crippen LogP contribution in [-0.2, 0) is 40.5 Å². The standard InChI is InChI=1S/C35H37.C15H14.C5H5.2ClH.Zr/c1-5-13-30(26-15-9-7-10-16-26)32-22-34-28(19-24(32)3)21-29-20-25(4)33(23-35(29)34)31(14-6-2)27-17-11-8-12-18-27;1-3-8-14(9-4-1)12-7-13-15-10-5-2-6-11-15;1-2-4-5-3-1;;;/h7-12,15-19,22-23,30-31H,5-6,13-14,21H2,1-4H3;1-6,8-11H,12-13H2;1-3H,4H2;2*1H;/q;;;;;+2/p-2. The number of hydrogen-bond donors (Lipinski definition) is 0. The van der Waals surface area contributed by atoms with Crippen LogP contribution in [0.5, 0.6) is 0 Å². The van der Waals surface area contributed by atoms with E-state index >= 15 is 0 Å². The first-order chi connectivity index (χ1) is 27.5. The first kappa shape index (κ1) is 43.7. The number of aryl methyl sites for hydroxylation is 1. The quantitative estimate of drug-likeness (QED) is 0.106. The number of benzene rings is 6. The van der Waals surface area contributed by atoms with Crippen LogP contribution < -0.4 is 28.1 Å². The van der Waals surface area contributed by atoms with Crippen LogP contribution >= 0.6 is 0 Å². The average Bonchev–Trinajstić information content (AvgIpc) is 3.89. The minimum absolute atomic E-state index is 0. The van der Waals surface area contributed by atoms with Crippen LogP contribution in [0.4, 0.5) is 0 Å². The normalized spacial score (nSPS) is 13.3. The van der Waals surface area contributed by atoms with Gasteiger partial charge >= 0.3 is 346 Å². The van der Waals surface area contributed by atoms with E-state index in [-0.39, 0.29) is 24.8 Å². The van der Waals surface area contributed by atoms with Gasteiger partial charge in [0.05, 0.1) is 0 Å². The second kappa shape index (κ2) is 20.4. The Morgan fingerprint density at radius 3 is 1.60 bits per heavy atom. The first-order valence-electron chi connectivity index (χ1n) is 21.1. The summed E-state index contributed by atoms with van der Waals surface area (Å²) in [5.41, 5.74) is 18.0. The van der Waals surface area contributed by atoms with Crippen molar-refractivity contribution in [3.8, 4) is 11.1 Å². The molecule has 2 unspecified atom stereocenters. The van der Waals surface area contributed by atoms with E-state index in [0.717, 1.165) is 51.4 Å². The van der Waals surface area contributed by atoms with Crippen LogP contribution in [-0.4, -0.2) is 3.21 Å². The summed E-state index contributed by atoms with van der Waals surface area (Å²) >= 11 is -2.76. The van der Waals surface area contributed by atoms with Gasteiger partial charge in [0.15, 0.2) is 0 Å². The van der Waals surface area contributed by atoms with Gasteiger partial charge in [0, 0.05) is 0 Å².